The summed E-state index contributed by atoms with van der Waals surface area (Å²) in [5, 5.41) is 12.2. The number of hydrogen-bond acceptors (Lipinski definition) is 5. The van der Waals surface area contributed by atoms with E-state index in [9.17, 15) is 18.3 Å². The molecule has 2 aliphatic heterocycles. The van der Waals surface area contributed by atoms with Gasteiger partial charge in [0.25, 0.3) is 0 Å². The zero-order valence-corrected chi connectivity index (χ0v) is 12.9. The maximum Gasteiger partial charge on any atom is 0.234 e. The fraction of sp³-hybridized carbons (Fsp3) is 0.923. The third-order valence-electron chi connectivity index (χ3n) is 4.48. The molecular weight excluding hydrogens is 280 g/mol. The van der Waals surface area contributed by atoms with E-state index in [0.717, 1.165) is 13.0 Å². The second kappa shape index (κ2) is 5.61. The van der Waals surface area contributed by atoms with Crippen LogP contribution in [-0.4, -0.2) is 67.1 Å². The molecule has 0 aromatic heterocycles. The Morgan fingerprint density at radius 3 is 2.75 bits per heavy atom. The first-order valence-electron chi connectivity index (χ1n) is 7.11. The van der Waals surface area contributed by atoms with Crippen LogP contribution in [0, 0.1) is 5.92 Å². The van der Waals surface area contributed by atoms with Gasteiger partial charge in [-0.3, -0.25) is 9.69 Å². The summed E-state index contributed by atoms with van der Waals surface area (Å²) in [7, 11) is -3.02. The molecule has 7 heteroatoms. The van der Waals surface area contributed by atoms with Crippen LogP contribution in [0.4, 0.5) is 0 Å². The van der Waals surface area contributed by atoms with Crippen molar-refractivity contribution in [2.45, 2.75) is 38.3 Å². The van der Waals surface area contributed by atoms with E-state index in [1.165, 1.54) is 0 Å². The molecule has 0 spiro atoms. The Labute approximate surface area is 120 Å². The van der Waals surface area contributed by atoms with E-state index < -0.39 is 15.4 Å². The predicted octanol–water partition coefficient (Wildman–Crippen LogP) is -0.617. The lowest BCUT2D eigenvalue weighted by molar-refractivity contribution is -0.124. The minimum absolute atomic E-state index is 0.0194. The van der Waals surface area contributed by atoms with E-state index in [4.69, 9.17) is 0 Å². The molecule has 1 amide bonds. The first-order chi connectivity index (χ1) is 9.25. The van der Waals surface area contributed by atoms with Gasteiger partial charge in [0.05, 0.1) is 30.2 Å². The Morgan fingerprint density at radius 1 is 1.50 bits per heavy atom. The first kappa shape index (κ1) is 15.7. The monoisotopic (exact) mass is 304 g/mol. The number of aliphatic hydroxyl groups excluding tert-OH is 1. The Balaban J connectivity index is 1.90. The van der Waals surface area contributed by atoms with Gasteiger partial charge in [-0.2, -0.15) is 0 Å². The van der Waals surface area contributed by atoms with Gasteiger partial charge in [-0.15, -0.1) is 0 Å². The Bertz CT molecular complexity index is 479. The Kier molecular flexibility index (Phi) is 4.41. The van der Waals surface area contributed by atoms with E-state index in [0.29, 0.717) is 12.3 Å². The molecule has 0 aliphatic carbocycles. The highest BCUT2D eigenvalue weighted by Gasteiger charge is 2.40. The second-order valence-electron chi connectivity index (χ2n) is 6.44. The van der Waals surface area contributed by atoms with Crippen LogP contribution >= 0.6 is 0 Å². The van der Waals surface area contributed by atoms with Crippen molar-refractivity contribution in [3.8, 4) is 0 Å². The number of carbonyl (C=O) groups excluding carboxylic acids is 1. The van der Waals surface area contributed by atoms with Crippen molar-refractivity contribution in [2.24, 2.45) is 5.92 Å². The van der Waals surface area contributed by atoms with Crippen molar-refractivity contribution in [3.05, 3.63) is 0 Å². The summed E-state index contributed by atoms with van der Waals surface area (Å²) >= 11 is 0. The number of rotatable bonds is 4. The molecule has 0 radical (unpaired) electrons. The Hall–Kier alpha value is -0.660. The van der Waals surface area contributed by atoms with Crippen molar-refractivity contribution < 1.29 is 18.3 Å². The summed E-state index contributed by atoms with van der Waals surface area (Å²) in [6.07, 6.45) is 1.45. The van der Waals surface area contributed by atoms with Crippen molar-refractivity contribution in [3.63, 3.8) is 0 Å². The SMILES string of the molecule is CC1CCN(CC(=O)NC2(C)CCS(=O)(=O)C2)C1CO. The summed E-state index contributed by atoms with van der Waals surface area (Å²) in [5.74, 6) is 0.391. The lowest BCUT2D eigenvalue weighted by Crippen LogP contribution is -2.51. The number of carbonyl (C=O) groups is 1. The van der Waals surface area contributed by atoms with Gasteiger partial charge in [0.1, 0.15) is 0 Å². The molecule has 0 aromatic carbocycles. The molecular formula is C13H24N2O4S. The lowest BCUT2D eigenvalue weighted by atomic mass is 10.0. The Morgan fingerprint density at radius 2 is 2.20 bits per heavy atom. The number of hydrogen-bond donors (Lipinski definition) is 2. The first-order valence-corrected chi connectivity index (χ1v) is 8.93. The lowest BCUT2D eigenvalue weighted by Gasteiger charge is -2.28. The minimum Gasteiger partial charge on any atom is -0.395 e. The molecule has 2 aliphatic rings. The normalized spacial score (nSPS) is 37.1. The number of aliphatic hydroxyl groups is 1. The third-order valence-corrected chi connectivity index (χ3v) is 6.38. The summed E-state index contributed by atoms with van der Waals surface area (Å²) in [6.45, 7) is 4.94. The second-order valence-corrected chi connectivity index (χ2v) is 8.62. The number of sulfone groups is 1. The van der Waals surface area contributed by atoms with Crippen LogP contribution in [0.25, 0.3) is 0 Å². The summed E-state index contributed by atoms with van der Waals surface area (Å²) < 4.78 is 23.0. The van der Waals surface area contributed by atoms with Gasteiger partial charge in [-0.25, -0.2) is 8.42 Å². The molecule has 0 saturated carbocycles. The van der Waals surface area contributed by atoms with Gasteiger partial charge < -0.3 is 10.4 Å². The zero-order chi connectivity index (χ0) is 15.0. The largest absolute Gasteiger partial charge is 0.395 e. The average Bonchev–Trinajstić information content (AvgIpc) is 2.79. The molecule has 0 aromatic rings. The standard InChI is InChI=1S/C13H24N2O4S/c1-10-3-5-15(11(10)8-16)7-12(17)14-13(2)4-6-20(18,19)9-13/h10-11,16H,3-9H2,1-2H3,(H,14,17). The molecule has 2 N–H and O–H groups in total. The van der Waals surface area contributed by atoms with Crippen LogP contribution in [0.1, 0.15) is 26.7 Å². The van der Waals surface area contributed by atoms with Gasteiger partial charge in [-0.05, 0) is 32.2 Å². The number of nitrogens with one attached hydrogen (secondary N) is 1. The van der Waals surface area contributed by atoms with Crippen molar-refractivity contribution in [2.75, 3.05) is 31.2 Å². The van der Waals surface area contributed by atoms with Crippen LogP contribution in [-0.2, 0) is 14.6 Å². The average molecular weight is 304 g/mol. The number of amides is 1. The highest BCUT2D eigenvalue weighted by Crippen LogP contribution is 2.25. The van der Waals surface area contributed by atoms with Gasteiger partial charge in [0, 0.05) is 6.04 Å². The van der Waals surface area contributed by atoms with E-state index in [2.05, 4.69) is 12.2 Å². The maximum atomic E-state index is 12.1. The minimum atomic E-state index is -3.02. The highest BCUT2D eigenvalue weighted by atomic mass is 32.2. The molecule has 3 atom stereocenters. The molecule has 2 saturated heterocycles. The highest BCUT2D eigenvalue weighted by molar-refractivity contribution is 7.91. The maximum absolute atomic E-state index is 12.1. The molecule has 116 valence electrons. The van der Waals surface area contributed by atoms with Crippen LogP contribution in [0.15, 0.2) is 0 Å². The fourth-order valence-corrected chi connectivity index (χ4v) is 5.34. The number of likely N-dealkylation sites (tertiary alicyclic amines) is 1. The summed E-state index contributed by atoms with van der Waals surface area (Å²) in [4.78, 5) is 14.1. The molecule has 2 rings (SSSR count). The van der Waals surface area contributed by atoms with Gasteiger partial charge in [0.2, 0.25) is 5.91 Å². The third kappa shape index (κ3) is 3.51. The van der Waals surface area contributed by atoms with E-state index in [1.807, 2.05) is 4.90 Å². The van der Waals surface area contributed by atoms with Crippen LogP contribution in [0.5, 0.6) is 0 Å². The molecule has 6 nitrogen and oxygen atoms in total. The van der Waals surface area contributed by atoms with Crippen LogP contribution in [0.3, 0.4) is 0 Å². The van der Waals surface area contributed by atoms with Crippen molar-refractivity contribution >= 4 is 15.7 Å². The van der Waals surface area contributed by atoms with Gasteiger partial charge >= 0.3 is 0 Å². The molecule has 20 heavy (non-hydrogen) atoms. The summed E-state index contributed by atoms with van der Waals surface area (Å²) in [5.41, 5.74) is -0.643. The van der Waals surface area contributed by atoms with Crippen LogP contribution < -0.4 is 5.32 Å². The molecule has 3 unspecified atom stereocenters. The van der Waals surface area contributed by atoms with Gasteiger partial charge in [0.15, 0.2) is 9.84 Å². The van der Waals surface area contributed by atoms with Gasteiger partial charge in [-0.1, -0.05) is 6.92 Å². The van der Waals surface area contributed by atoms with Crippen molar-refractivity contribution in [1.82, 2.24) is 10.2 Å². The zero-order valence-electron chi connectivity index (χ0n) is 12.1. The topological polar surface area (TPSA) is 86.7 Å². The fourth-order valence-electron chi connectivity index (χ4n) is 3.25. The quantitative estimate of drug-likeness (QED) is 0.723. The van der Waals surface area contributed by atoms with E-state index >= 15 is 0 Å². The van der Waals surface area contributed by atoms with E-state index in [1.54, 1.807) is 6.92 Å². The smallest absolute Gasteiger partial charge is 0.234 e. The summed E-state index contributed by atoms with van der Waals surface area (Å²) in [6, 6.07) is 0.0286. The van der Waals surface area contributed by atoms with Crippen LogP contribution in [0.2, 0.25) is 0 Å². The van der Waals surface area contributed by atoms with E-state index in [-0.39, 0.29) is 36.6 Å². The van der Waals surface area contributed by atoms with Crippen molar-refractivity contribution in [1.29, 1.82) is 0 Å². The number of nitrogens with zero attached hydrogens (tertiary/aromatic N) is 1. The predicted molar refractivity (Wildman–Crippen MR) is 76.0 cm³/mol. The molecule has 0 bridgehead atoms. The molecule has 2 heterocycles. The molecule has 2 fully saturated rings.